The third kappa shape index (κ3) is 1.80. The largest absolute Gasteiger partial charge is 0.349 e. The molecule has 0 bridgehead atoms. The molecule has 2 rings (SSSR count). The number of aromatic nitrogens is 1. The van der Waals surface area contributed by atoms with Gasteiger partial charge in [-0.3, -0.25) is 0 Å². The Bertz CT molecular complexity index is 503. The summed E-state index contributed by atoms with van der Waals surface area (Å²) in [7, 11) is 0. The van der Waals surface area contributed by atoms with Gasteiger partial charge in [-0.2, -0.15) is 0 Å². The van der Waals surface area contributed by atoms with Gasteiger partial charge in [0.15, 0.2) is 0 Å². The average molecular weight is 235 g/mol. The maximum Gasteiger partial charge on any atom is 0.100 e. The molecule has 0 unspecified atom stereocenters. The van der Waals surface area contributed by atoms with Crippen molar-refractivity contribution < 1.29 is 0 Å². The monoisotopic (exact) mass is 235 g/mol. The number of rotatable bonds is 0. The molecule has 0 aromatic carbocycles. The van der Waals surface area contributed by atoms with Crippen LogP contribution in [0, 0.1) is 0 Å². The highest BCUT2D eigenvalue weighted by molar-refractivity contribution is 7.16. The molecule has 0 spiro atoms. The van der Waals surface area contributed by atoms with Crippen molar-refractivity contribution >= 4 is 21.6 Å². The van der Waals surface area contributed by atoms with Gasteiger partial charge in [-0.1, -0.05) is 41.5 Å². The lowest BCUT2D eigenvalue weighted by atomic mass is 9.78. The second kappa shape index (κ2) is 3.36. The molecule has 2 aromatic rings. The lowest BCUT2D eigenvalue weighted by molar-refractivity contribution is 0.524. The van der Waals surface area contributed by atoms with Crippen LogP contribution in [-0.2, 0) is 10.8 Å². The predicted molar refractivity (Wildman–Crippen MR) is 73.6 cm³/mol. The van der Waals surface area contributed by atoms with Gasteiger partial charge in [0.25, 0.3) is 0 Å². The summed E-state index contributed by atoms with van der Waals surface area (Å²) in [6, 6.07) is 2.24. The summed E-state index contributed by atoms with van der Waals surface area (Å²) < 4.78 is 0. The van der Waals surface area contributed by atoms with Crippen LogP contribution in [-0.4, -0.2) is 4.98 Å². The maximum absolute atomic E-state index is 3.61. The van der Waals surface area contributed by atoms with Crippen LogP contribution >= 0.6 is 11.3 Å². The summed E-state index contributed by atoms with van der Waals surface area (Å²) in [4.78, 5) is 4.92. The van der Waals surface area contributed by atoms with Crippen molar-refractivity contribution in [2.75, 3.05) is 0 Å². The molecule has 1 nitrogen and oxygen atoms in total. The van der Waals surface area contributed by atoms with Gasteiger partial charge in [0, 0.05) is 16.5 Å². The average Bonchev–Trinajstić information content (AvgIpc) is 2.53. The van der Waals surface area contributed by atoms with Crippen LogP contribution < -0.4 is 0 Å². The topological polar surface area (TPSA) is 15.8 Å². The zero-order valence-corrected chi connectivity index (χ0v) is 11.9. The maximum atomic E-state index is 3.61. The Labute approximate surface area is 102 Å². The molecule has 0 saturated heterocycles. The van der Waals surface area contributed by atoms with E-state index in [0.29, 0.717) is 0 Å². The van der Waals surface area contributed by atoms with Crippen LogP contribution in [0.15, 0.2) is 11.4 Å². The van der Waals surface area contributed by atoms with Gasteiger partial charge in [0.1, 0.15) is 4.83 Å². The molecule has 0 amide bonds. The van der Waals surface area contributed by atoms with Crippen LogP contribution in [0.2, 0.25) is 0 Å². The molecule has 2 heteroatoms. The SMILES string of the molecule is CC(C)(C)c1[nH]c2sccc2c1C(C)(C)C. The van der Waals surface area contributed by atoms with Gasteiger partial charge >= 0.3 is 0 Å². The Kier molecular flexibility index (Phi) is 2.46. The number of aromatic amines is 1. The van der Waals surface area contributed by atoms with Crippen molar-refractivity contribution in [3.63, 3.8) is 0 Å². The Morgan fingerprint density at radius 3 is 2.12 bits per heavy atom. The molecular formula is C14H21NS. The molecule has 0 aliphatic rings. The molecule has 2 aromatic heterocycles. The van der Waals surface area contributed by atoms with E-state index in [1.807, 2.05) is 0 Å². The zero-order valence-electron chi connectivity index (χ0n) is 11.1. The van der Waals surface area contributed by atoms with Gasteiger partial charge in [0.05, 0.1) is 0 Å². The normalized spacial score (nSPS) is 13.6. The molecule has 0 radical (unpaired) electrons. The summed E-state index contributed by atoms with van der Waals surface area (Å²) in [5, 5.41) is 3.57. The zero-order chi connectivity index (χ0) is 12.1. The number of nitrogens with one attached hydrogen (secondary N) is 1. The third-order valence-electron chi connectivity index (χ3n) is 2.92. The first-order chi connectivity index (χ1) is 7.21. The van der Waals surface area contributed by atoms with Crippen molar-refractivity contribution in [2.24, 2.45) is 0 Å². The van der Waals surface area contributed by atoms with Crippen molar-refractivity contribution in [2.45, 2.75) is 52.4 Å². The van der Waals surface area contributed by atoms with Crippen molar-refractivity contribution in [3.05, 3.63) is 22.7 Å². The van der Waals surface area contributed by atoms with Gasteiger partial charge in [0.2, 0.25) is 0 Å². The van der Waals surface area contributed by atoms with E-state index in [0.717, 1.165) is 0 Å². The highest BCUT2D eigenvalue weighted by Gasteiger charge is 2.29. The van der Waals surface area contributed by atoms with E-state index in [1.165, 1.54) is 21.5 Å². The minimum atomic E-state index is 0.182. The molecular weight excluding hydrogens is 214 g/mol. The number of H-pyrrole nitrogens is 1. The molecule has 88 valence electrons. The quantitative estimate of drug-likeness (QED) is 0.673. The fraction of sp³-hybridized carbons (Fsp3) is 0.571. The van der Waals surface area contributed by atoms with Gasteiger partial charge in [-0.25, -0.2) is 0 Å². The van der Waals surface area contributed by atoms with E-state index < -0.39 is 0 Å². The second-order valence-corrected chi connectivity index (χ2v) is 7.45. The van der Waals surface area contributed by atoms with Crippen LogP contribution in [0.3, 0.4) is 0 Å². The molecule has 0 fully saturated rings. The number of hydrogen-bond acceptors (Lipinski definition) is 1. The molecule has 1 N–H and O–H groups in total. The fourth-order valence-corrected chi connectivity index (χ4v) is 3.05. The first-order valence-corrected chi connectivity index (χ1v) is 6.69. The number of fused-ring (bicyclic) bond motifs is 1. The highest BCUT2D eigenvalue weighted by Crippen LogP contribution is 2.40. The first kappa shape index (κ1) is 11.7. The lowest BCUT2D eigenvalue weighted by Gasteiger charge is -2.26. The third-order valence-corrected chi connectivity index (χ3v) is 3.75. The molecule has 2 heterocycles. The Morgan fingerprint density at radius 1 is 1.00 bits per heavy atom. The molecule has 0 aliphatic heterocycles. The minimum absolute atomic E-state index is 0.182. The highest BCUT2D eigenvalue weighted by atomic mass is 32.1. The summed E-state index contributed by atoms with van der Waals surface area (Å²) in [6.45, 7) is 13.7. The van der Waals surface area contributed by atoms with Gasteiger partial charge in [-0.15, -0.1) is 11.3 Å². The summed E-state index contributed by atoms with van der Waals surface area (Å²) in [6.07, 6.45) is 0. The van der Waals surface area contributed by atoms with E-state index in [1.54, 1.807) is 11.3 Å². The minimum Gasteiger partial charge on any atom is -0.349 e. The summed E-state index contributed by atoms with van der Waals surface area (Å²) in [5.41, 5.74) is 3.25. The Morgan fingerprint density at radius 2 is 1.62 bits per heavy atom. The van der Waals surface area contributed by atoms with Crippen LogP contribution in [0.1, 0.15) is 52.8 Å². The van der Waals surface area contributed by atoms with Gasteiger partial charge < -0.3 is 4.98 Å². The van der Waals surface area contributed by atoms with E-state index in [-0.39, 0.29) is 10.8 Å². The number of hydrogen-bond donors (Lipinski definition) is 1. The van der Waals surface area contributed by atoms with Crippen molar-refractivity contribution in [1.29, 1.82) is 0 Å². The van der Waals surface area contributed by atoms with Crippen molar-refractivity contribution in [3.8, 4) is 0 Å². The first-order valence-electron chi connectivity index (χ1n) is 5.81. The number of thiophene rings is 1. The van der Waals surface area contributed by atoms with E-state index in [4.69, 9.17) is 0 Å². The van der Waals surface area contributed by atoms with Crippen LogP contribution in [0.25, 0.3) is 10.2 Å². The standard InChI is InChI=1S/C14H21NS/c1-13(2,3)10-9-7-8-16-12(9)15-11(10)14(4,5)6/h7-8,15H,1-6H3. The van der Waals surface area contributed by atoms with Crippen molar-refractivity contribution in [1.82, 2.24) is 4.98 Å². The molecule has 0 aliphatic carbocycles. The fourth-order valence-electron chi connectivity index (χ4n) is 2.26. The molecule has 0 atom stereocenters. The second-order valence-electron chi connectivity index (χ2n) is 6.54. The Hall–Kier alpha value is -0.760. The van der Waals surface area contributed by atoms with E-state index in [9.17, 15) is 0 Å². The molecule has 0 saturated carbocycles. The van der Waals surface area contributed by atoms with E-state index >= 15 is 0 Å². The predicted octanol–water partition coefficient (Wildman–Crippen LogP) is 4.82. The molecule has 16 heavy (non-hydrogen) atoms. The Balaban J connectivity index is 2.79. The van der Waals surface area contributed by atoms with E-state index in [2.05, 4.69) is 58.0 Å². The van der Waals surface area contributed by atoms with Crippen LogP contribution in [0.5, 0.6) is 0 Å². The summed E-state index contributed by atoms with van der Waals surface area (Å²) in [5.74, 6) is 0. The smallest absolute Gasteiger partial charge is 0.100 e. The lowest BCUT2D eigenvalue weighted by Crippen LogP contribution is -2.21. The van der Waals surface area contributed by atoms with Crippen LogP contribution in [0.4, 0.5) is 0 Å². The van der Waals surface area contributed by atoms with Gasteiger partial charge in [-0.05, 0) is 22.4 Å². The summed E-state index contributed by atoms with van der Waals surface area (Å²) >= 11 is 1.80.